The number of hydrogen-bond acceptors (Lipinski definition) is 4. The number of fused-ring (bicyclic) bond motifs is 6. The fourth-order valence-corrected chi connectivity index (χ4v) is 7.98. The van der Waals surface area contributed by atoms with Gasteiger partial charge in [-0.2, -0.15) is 5.10 Å². The molecule has 56 heavy (non-hydrogen) atoms. The molecule has 262 valence electrons. The van der Waals surface area contributed by atoms with Crippen LogP contribution in [0.1, 0.15) is 0 Å². The van der Waals surface area contributed by atoms with Crippen molar-refractivity contribution in [1.29, 1.82) is 0 Å². The lowest BCUT2D eigenvalue weighted by atomic mass is 9.96. The van der Waals surface area contributed by atoms with Crippen LogP contribution in [-0.4, -0.2) is 19.6 Å². The van der Waals surface area contributed by atoms with Crippen LogP contribution >= 0.6 is 0 Å². The predicted molar refractivity (Wildman–Crippen MR) is 228 cm³/mol. The number of hydrogen-bond donors (Lipinski definition) is 0. The van der Waals surface area contributed by atoms with E-state index in [-0.39, 0.29) is 0 Å². The first-order chi connectivity index (χ1) is 27.8. The summed E-state index contributed by atoms with van der Waals surface area (Å²) in [5, 5.41) is 9.87. The molecule has 0 unspecified atom stereocenters. The van der Waals surface area contributed by atoms with Crippen molar-refractivity contribution in [2.24, 2.45) is 0 Å². The third kappa shape index (κ3) is 5.29. The Balaban J connectivity index is 1.10. The van der Waals surface area contributed by atoms with Crippen molar-refractivity contribution < 1.29 is 4.42 Å². The number of para-hydroxylation sites is 2. The summed E-state index contributed by atoms with van der Waals surface area (Å²) in [7, 11) is 0. The second-order valence-electron chi connectivity index (χ2n) is 14.0. The Labute approximate surface area is 322 Å². The molecule has 0 bridgehead atoms. The normalized spacial score (nSPS) is 11.6. The van der Waals surface area contributed by atoms with E-state index in [1.807, 2.05) is 42.5 Å². The van der Waals surface area contributed by atoms with Crippen LogP contribution in [0.4, 0.5) is 0 Å². The summed E-state index contributed by atoms with van der Waals surface area (Å²) in [6.45, 7) is 0. The molecule has 0 amide bonds. The van der Waals surface area contributed by atoms with Gasteiger partial charge in [0, 0.05) is 44.0 Å². The van der Waals surface area contributed by atoms with E-state index in [2.05, 4.69) is 156 Å². The Morgan fingerprint density at radius 3 is 1.73 bits per heavy atom. The number of furan rings is 1. The SMILES string of the molecule is c1ccc(-c2cc(-c3ccc(-c4nn5c(-c6ccccc6)cc6ccccc6c5c4-c4ccccc4)cc3)nc(-c3cccc4c3oc3ccccc34)n2)cc1. The number of aromatic nitrogens is 4. The van der Waals surface area contributed by atoms with E-state index < -0.39 is 0 Å². The van der Waals surface area contributed by atoms with E-state index >= 15 is 0 Å². The lowest BCUT2D eigenvalue weighted by Crippen LogP contribution is -1.96. The van der Waals surface area contributed by atoms with Gasteiger partial charge in [0.25, 0.3) is 0 Å². The minimum absolute atomic E-state index is 0.613. The molecule has 0 aliphatic rings. The molecule has 0 aliphatic carbocycles. The maximum atomic E-state index is 6.44. The highest BCUT2D eigenvalue weighted by molar-refractivity contribution is 6.10. The van der Waals surface area contributed by atoms with Gasteiger partial charge in [0.1, 0.15) is 16.9 Å². The minimum atomic E-state index is 0.613. The lowest BCUT2D eigenvalue weighted by Gasteiger charge is -2.11. The summed E-state index contributed by atoms with van der Waals surface area (Å²) in [5.74, 6) is 0.613. The van der Waals surface area contributed by atoms with Gasteiger partial charge >= 0.3 is 0 Å². The van der Waals surface area contributed by atoms with Crippen LogP contribution in [0.2, 0.25) is 0 Å². The van der Waals surface area contributed by atoms with Crippen molar-refractivity contribution in [3.05, 3.63) is 194 Å². The fraction of sp³-hybridized carbons (Fsp3) is 0. The van der Waals surface area contributed by atoms with Gasteiger partial charge in [0.2, 0.25) is 0 Å². The van der Waals surface area contributed by atoms with Crippen molar-refractivity contribution in [3.8, 4) is 67.5 Å². The van der Waals surface area contributed by atoms with Crippen molar-refractivity contribution >= 4 is 38.2 Å². The van der Waals surface area contributed by atoms with Crippen LogP contribution in [0.15, 0.2) is 199 Å². The monoisotopic (exact) mass is 716 g/mol. The highest BCUT2D eigenvalue weighted by Gasteiger charge is 2.22. The van der Waals surface area contributed by atoms with E-state index in [1.54, 1.807) is 0 Å². The fourth-order valence-electron chi connectivity index (χ4n) is 7.98. The van der Waals surface area contributed by atoms with Gasteiger partial charge in [-0.15, -0.1) is 0 Å². The van der Waals surface area contributed by atoms with Gasteiger partial charge in [-0.25, -0.2) is 14.5 Å². The first kappa shape index (κ1) is 31.9. The summed E-state index contributed by atoms with van der Waals surface area (Å²) in [4.78, 5) is 10.3. The third-order valence-electron chi connectivity index (χ3n) is 10.6. The number of rotatable bonds is 6. The smallest absolute Gasteiger partial charge is 0.164 e. The molecular formula is C51H32N4O. The predicted octanol–water partition coefficient (Wildman–Crippen LogP) is 13.2. The molecule has 5 heteroatoms. The number of nitrogens with zero attached hydrogens (tertiary/aromatic N) is 4. The van der Waals surface area contributed by atoms with E-state index in [1.165, 1.54) is 5.39 Å². The standard InChI is InChI=1S/C51H32N4O/c1-4-15-33(16-5-1)43-32-44(53-51(52-43)42-25-14-24-41-40-23-12-13-26-46(40)56-50(41)42)34-27-29-37(30-28-34)48-47(36-19-8-3-9-20-36)49-39-22-11-10-21-38(39)31-45(55(49)54-48)35-17-6-2-7-18-35/h1-32H. The van der Waals surface area contributed by atoms with Gasteiger partial charge in [-0.05, 0) is 35.2 Å². The molecule has 11 rings (SSSR count). The molecule has 4 aromatic heterocycles. The van der Waals surface area contributed by atoms with Gasteiger partial charge in [-0.1, -0.05) is 170 Å². The van der Waals surface area contributed by atoms with Crippen molar-refractivity contribution in [2.45, 2.75) is 0 Å². The van der Waals surface area contributed by atoms with Crippen LogP contribution in [0, 0.1) is 0 Å². The van der Waals surface area contributed by atoms with E-state index in [4.69, 9.17) is 19.5 Å². The molecule has 0 N–H and O–H groups in total. The Bertz CT molecular complexity index is 3220. The summed E-state index contributed by atoms with van der Waals surface area (Å²) < 4.78 is 8.57. The average Bonchev–Trinajstić information content (AvgIpc) is 3.87. The Morgan fingerprint density at radius 1 is 0.429 bits per heavy atom. The van der Waals surface area contributed by atoms with Crippen molar-refractivity contribution in [1.82, 2.24) is 19.6 Å². The minimum Gasteiger partial charge on any atom is -0.455 e. The molecule has 0 fully saturated rings. The Hall–Kier alpha value is -7.63. The van der Waals surface area contributed by atoms with Crippen molar-refractivity contribution in [3.63, 3.8) is 0 Å². The maximum Gasteiger partial charge on any atom is 0.164 e. The zero-order valence-corrected chi connectivity index (χ0v) is 30.2. The zero-order valence-electron chi connectivity index (χ0n) is 30.2. The highest BCUT2D eigenvalue weighted by atomic mass is 16.3. The quantitative estimate of drug-likeness (QED) is 0.172. The molecule has 0 saturated heterocycles. The van der Waals surface area contributed by atoms with E-state index in [0.29, 0.717) is 5.82 Å². The number of pyridine rings is 1. The second-order valence-corrected chi connectivity index (χ2v) is 14.0. The van der Waals surface area contributed by atoms with Crippen LogP contribution in [0.5, 0.6) is 0 Å². The van der Waals surface area contributed by atoms with Gasteiger partial charge in [0.05, 0.1) is 28.2 Å². The van der Waals surface area contributed by atoms with Crippen LogP contribution < -0.4 is 0 Å². The summed E-state index contributed by atoms with van der Waals surface area (Å²) >= 11 is 0. The largest absolute Gasteiger partial charge is 0.455 e. The van der Waals surface area contributed by atoms with Crippen LogP contribution in [-0.2, 0) is 0 Å². The second kappa shape index (κ2) is 13.0. The Kier molecular flexibility index (Phi) is 7.42. The zero-order chi connectivity index (χ0) is 37.0. The lowest BCUT2D eigenvalue weighted by molar-refractivity contribution is 0.669. The van der Waals surface area contributed by atoms with Crippen LogP contribution in [0.25, 0.3) is 106 Å². The van der Waals surface area contributed by atoms with Gasteiger partial charge < -0.3 is 4.42 Å². The Morgan fingerprint density at radius 2 is 1.00 bits per heavy atom. The van der Waals surface area contributed by atoms with Gasteiger partial charge in [0.15, 0.2) is 5.82 Å². The van der Waals surface area contributed by atoms with Gasteiger partial charge in [-0.3, -0.25) is 0 Å². The molecular weight excluding hydrogens is 685 g/mol. The van der Waals surface area contributed by atoms with Crippen LogP contribution in [0.3, 0.4) is 0 Å². The third-order valence-corrected chi connectivity index (χ3v) is 10.6. The first-order valence-corrected chi connectivity index (χ1v) is 18.8. The highest BCUT2D eigenvalue weighted by Crippen LogP contribution is 2.42. The molecule has 5 nitrogen and oxygen atoms in total. The summed E-state index contributed by atoms with van der Waals surface area (Å²) in [6.07, 6.45) is 0. The molecule has 4 heterocycles. The molecule has 0 saturated carbocycles. The summed E-state index contributed by atoms with van der Waals surface area (Å²) in [5.41, 5.74) is 13.5. The number of benzene rings is 7. The molecule has 7 aromatic carbocycles. The average molecular weight is 717 g/mol. The first-order valence-electron chi connectivity index (χ1n) is 18.8. The maximum absolute atomic E-state index is 6.44. The molecule has 11 aromatic rings. The van der Waals surface area contributed by atoms with E-state index in [0.717, 1.165) is 94.6 Å². The topological polar surface area (TPSA) is 56.2 Å². The summed E-state index contributed by atoms with van der Waals surface area (Å²) in [6, 6.07) is 67.2. The molecule has 0 radical (unpaired) electrons. The molecule has 0 aliphatic heterocycles. The molecule has 0 atom stereocenters. The van der Waals surface area contributed by atoms with E-state index in [9.17, 15) is 0 Å². The van der Waals surface area contributed by atoms with Crippen molar-refractivity contribution in [2.75, 3.05) is 0 Å². The molecule has 0 spiro atoms.